The maximum atomic E-state index is 11.8. The smallest absolute Gasteiger partial charge is 0.175 e. The van der Waals surface area contributed by atoms with Crippen molar-refractivity contribution in [2.24, 2.45) is 5.73 Å². The van der Waals surface area contributed by atoms with E-state index in [1.807, 2.05) is 0 Å². The first-order valence-electron chi connectivity index (χ1n) is 5.09. The lowest BCUT2D eigenvalue weighted by molar-refractivity contribution is 0.0971. The van der Waals surface area contributed by atoms with Gasteiger partial charge < -0.3 is 20.3 Å². The molecule has 0 radical (unpaired) electrons. The number of aromatic hydroxyl groups is 1. The number of phenolic OH excluding ortho intramolecular Hbond substituents is 1. The first-order chi connectivity index (χ1) is 7.74. The van der Waals surface area contributed by atoms with E-state index in [1.54, 1.807) is 6.07 Å². The molecule has 0 saturated heterocycles. The summed E-state index contributed by atoms with van der Waals surface area (Å²) in [5.74, 6) is 0.485. The number of hydrogen-bond donors (Lipinski definition) is 2. The van der Waals surface area contributed by atoms with Gasteiger partial charge in [-0.1, -0.05) is 0 Å². The number of ether oxygens (including phenoxy) is 2. The molecule has 5 heteroatoms. The molecule has 16 heavy (non-hydrogen) atoms. The monoisotopic (exact) mass is 223 g/mol. The average molecular weight is 223 g/mol. The fourth-order valence-electron chi connectivity index (χ4n) is 1.63. The number of phenols is 1. The lowest BCUT2D eigenvalue weighted by Crippen LogP contribution is -2.18. The molecule has 0 fully saturated rings. The minimum atomic E-state index is -0.234. The molecule has 0 aliphatic carbocycles. The van der Waals surface area contributed by atoms with Gasteiger partial charge in [0.15, 0.2) is 17.3 Å². The number of carbonyl (C=O) groups excluding carboxylic acids is 1. The van der Waals surface area contributed by atoms with E-state index in [4.69, 9.17) is 15.2 Å². The number of ketones is 1. The van der Waals surface area contributed by atoms with Crippen molar-refractivity contribution in [1.29, 1.82) is 0 Å². The van der Waals surface area contributed by atoms with E-state index < -0.39 is 0 Å². The quantitative estimate of drug-likeness (QED) is 0.737. The fraction of sp³-hybridized carbons (Fsp3) is 0.364. The summed E-state index contributed by atoms with van der Waals surface area (Å²) in [6.45, 7) is 1.06. The largest absolute Gasteiger partial charge is 0.507 e. The Morgan fingerprint density at radius 1 is 1.38 bits per heavy atom. The summed E-state index contributed by atoms with van der Waals surface area (Å²) in [7, 11) is 0. The molecule has 5 nitrogen and oxygen atoms in total. The van der Waals surface area contributed by atoms with Crippen molar-refractivity contribution >= 4 is 5.78 Å². The van der Waals surface area contributed by atoms with Gasteiger partial charge in [0.1, 0.15) is 24.5 Å². The number of benzene rings is 1. The molecule has 0 aromatic heterocycles. The van der Waals surface area contributed by atoms with Crippen LogP contribution < -0.4 is 15.2 Å². The molecule has 86 valence electrons. The van der Waals surface area contributed by atoms with Gasteiger partial charge in [0, 0.05) is 6.42 Å². The summed E-state index contributed by atoms with van der Waals surface area (Å²) in [5.41, 5.74) is 5.49. The minimum absolute atomic E-state index is 0.0947. The Labute approximate surface area is 92.8 Å². The molecule has 1 aliphatic heterocycles. The van der Waals surface area contributed by atoms with Gasteiger partial charge in [0.2, 0.25) is 0 Å². The summed E-state index contributed by atoms with van der Waals surface area (Å²) in [4.78, 5) is 11.8. The summed E-state index contributed by atoms with van der Waals surface area (Å²) >= 11 is 0. The number of rotatable bonds is 3. The van der Waals surface area contributed by atoms with Crippen molar-refractivity contribution < 1.29 is 19.4 Å². The van der Waals surface area contributed by atoms with Crippen LogP contribution >= 0.6 is 0 Å². The molecule has 0 amide bonds. The van der Waals surface area contributed by atoms with Crippen molar-refractivity contribution in [3.05, 3.63) is 17.7 Å². The molecule has 3 N–H and O–H groups in total. The van der Waals surface area contributed by atoms with Gasteiger partial charge in [-0.3, -0.25) is 4.79 Å². The van der Waals surface area contributed by atoms with Gasteiger partial charge in [-0.05, 0) is 18.7 Å². The topological polar surface area (TPSA) is 81.8 Å². The summed E-state index contributed by atoms with van der Waals surface area (Å²) in [5, 5.41) is 9.67. The molecule has 1 aromatic carbocycles. The highest BCUT2D eigenvalue weighted by Crippen LogP contribution is 2.39. The van der Waals surface area contributed by atoms with Crippen LogP contribution in [0.2, 0.25) is 0 Å². The Kier molecular flexibility index (Phi) is 2.96. The second-order valence-corrected chi connectivity index (χ2v) is 3.45. The Morgan fingerprint density at radius 2 is 2.12 bits per heavy atom. The molecule has 2 rings (SSSR count). The molecule has 0 atom stereocenters. The number of carbonyl (C=O) groups is 1. The molecule has 0 saturated carbocycles. The third kappa shape index (κ3) is 1.81. The van der Waals surface area contributed by atoms with Crippen LogP contribution in [-0.4, -0.2) is 30.6 Å². The lowest BCUT2D eigenvalue weighted by Gasteiger charge is -2.21. The Bertz CT molecular complexity index is 417. The van der Waals surface area contributed by atoms with Gasteiger partial charge in [-0.2, -0.15) is 0 Å². The molecular formula is C11H13NO4. The van der Waals surface area contributed by atoms with Crippen molar-refractivity contribution in [1.82, 2.24) is 0 Å². The van der Waals surface area contributed by atoms with Crippen molar-refractivity contribution in [3.63, 3.8) is 0 Å². The number of Topliss-reactive ketones (excluding diaryl/α,β-unsaturated/α-hetero) is 1. The molecule has 0 unspecified atom stereocenters. The van der Waals surface area contributed by atoms with E-state index in [0.29, 0.717) is 24.7 Å². The zero-order valence-electron chi connectivity index (χ0n) is 8.73. The van der Waals surface area contributed by atoms with E-state index >= 15 is 0 Å². The van der Waals surface area contributed by atoms with Gasteiger partial charge >= 0.3 is 0 Å². The predicted octanol–water partition coefficient (Wildman–Crippen LogP) is 0.695. The van der Waals surface area contributed by atoms with Crippen LogP contribution in [0.5, 0.6) is 17.2 Å². The number of hydrogen-bond acceptors (Lipinski definition) is 5. The van der Waals surface area contributed by atoms with Gasteiger partial charge in [-0.15, -0.1) is 0 Å². The van der Waals surface area contributed by atoms with Crippen LogP contribution in [-0.2, 0) is 0 Å². The lowest BCUT2D eigenvalue weighted by atomic mass is 10.0. The zero-order valence-corrected chi connectivity index (χ0v) is 8.73. The molecular weight excluding hydrogens is 210 g/mol. The van der Waals surface area contributed by atoms with Crippen molar-refractivity contribution in [3.8, 4) is 17.2 Å². The van der Waals surface area contributed by atoms with E-state index in [9.17, 15) is 9.90 Å². The predicted molar refractivity (Wildman–Crippen MR) is 57.1 cm³/mol. The van der Waals surface area contributed by atoms with Crippen LogP contribution in [0, 0.1) is 0 Å². The highest BCUT2D eigenvalue weighted by Gasteiger charge is 2.23. The second kappa shape index (κ2) is 4.40. The van der Waals surface area contributed by atoms with Crippen LogP contribution in [0.3, 0.4) is 0 Å². The molecule has 0 bridgehead atoms. The van der Waals surface area contributed by atoms with Crippen LogP contribution in [0.15, 0.2) is 12.1 Å². The average Bonchev–Trinajstić information content (AvgIpc) is 2.29. The van der Waals surface area contributed by atoms with Gasteiger partial charge in [0.25, 0.3) is 0 Å². The Balaban J connectivity index is 2.45. The number of nitrogens with two attached hydrogens (primary N) is 1. The highest BCUT2D eigenvalue weighted by atomic mass is 16.6. The molecule has 1 heterocycles. The molecule has 0 spiro atoms. The van der Waals surface area contributed by atoms with Crippen LogP contribution in [0.25, 0.3) is 0 Å². The maximum absolute atomic E-state index is 11.8. The van der Waals surface area contributed by atoms with E-state index in [1.165, 1.54) is 6.07 Å². The summed E-state index contributed by atoms with van der Waals surface area (Å²) in [6.07, 6.45) is 0.174. The van der Waals surface area contributed by atoms with Crippen LogP contribution in [0.4, 0.5) is 0 Å². The molecule has 1 aliphatic rings. The number of fused-ring (bicyclic) bond motifs is 1. The maximum Gasteiger partial charge on any atom is 0.175 e. The van der Waals surface area contributed by atoms with Crippen LogP contribution in [0.1, 0.15) is 16.8 Å². The third-order valence-electron chi connectivity index (χ3n) is 2.34. The van der Waals surface area contributed by atoms with E-state index in [2.05, 4.69) is 0 Å². The fourth-order valence-corrected chi connectivity index (χ4v) is 1.63. The normalized spacial score (nSPS) is 13.6. The first kappa shape index (κ1) is 10.8. The summed E-state index contributed by atoms with van der Waals surface area (Å²) < 4.78 is 10.7. The van der Waals surface area contributed by atoms with Crippen molar-refractivity contribution in [2.45, 2.75) is 6.42 Å². The SMILES string of the molecule is NCCC(=O)c1c(O)ccc2c1OCCO2. The van der Waals surface area contributed by atoms with E-state index in [-0.39, 0.29) is 30.1 Å². The minimum Gasteiger partial charge on any atom is -0.507 e. The highest BCUT2D eigenvalue weighted by molar-refractivity contribution is 6.02. The Hall–Kier alpha value is -1.75. The van der Waals surface area contributed by atoms with Crippen molar-refractivity contribution in [2.75, 3.05) is 19.8 Å². The second-order valence-electron chi connectivity index (χ2n) is 3.45. The molecule has 1 aromatic rings. The van der Waals surface area contributed by atoms with Gasteiger partial charge in [0.05, 0.1) is 0 Å². The third-order valence-corrected chi connectivity index (χ3v) is 2.34. The zero-order chi connectivity index (χ0) is 11.5. The first-order valence-corrected chi connectivity index (χ1v) is 5.09. The summed E-state index contributed by atoms with van der Waals surface area (Å²) in [6, 6.07) is 3.01. The standard InChI is InChI=1S/C11H13NO4/c12-4-3-8(14)10-7(13)1-2-9-11(10)16-6-5-15-9/h1-2,13H,3-6,12H2. The van der Waals surface area contributed by atoms with E-state index in [0.717, 1.165) is 0 Å². The Morgan fingerprint density at radius 3 is 2.88 bits per heavy atom. The van der Waals surface area contributed by atoms with Gasteiger partial charge in [-0.25, -0.2) is 0 Å².